The summed E-state index contributed by atoms with van der Waals surface area (Å²) in [6.07, 6.45) is 0.562. The third-order valence-electron chi connectivity index (χ3n) is 3.24. The van der Waals surface area contributed by atoms with Crippen molar-refractivity contribution in [2.24, 2.45) is 0 Å². The molecule has 1 amide bonds. The highest BCUT2D eigenvalue weighted by Gasteiger charge is 2.13. The molecule has 0 spiro atoms. The topological polar surface area (TPSA) is 84.9 Å². The molecule has 0 aliphatic heterocycles. The monoisotopic (exact) mass is 349 g/mol. The minimum atomic E-state index is -0.827. The van der Waals surface area contributed by atoms with Crippen LogP contribution in [-0.4, -0.2) is 30.7 Å². The fourth-order valence-corrected chi connectivity index (χ4v) is 2.78. The molecule has 2 rings (SSSR count). The summed E-state index contributed by atoms with van der Waals surface area (Å²) in [4.78, 5) is 23.1. The summed E-state index contributed by atoms with van der Waals surface area (Å²) in [5, 5.41) is 13.2. The van der Waals surface area contributed by atoms with Crippen LogP contribution in [-0.2, 0) is 11.3 Å². The number of amides is 1. The summed E-state index contributed by atoms with van der Waals surface area (Å²) in [5.74, 6) is 0.251. The number of carboxylic acids is 1. The van der Waals surface area contributed by atoms with Crippen LogP contribution in [0.5, 0.6) is 11.5 Å². The Kier molecular flexibility index (Phi) is 6.62. The highest BCUT2D eigenvalue weighted by molar-refractivity contribution is 7.12. The molecular formula is C17H19NO5S. The lowest BCUT2D eigenvalue weighted by Gasteiger charge is -2.08. The largest absolute Gasteiger partial charge is 0.495 e. The van der Waals surface area contributed by atoms with E-state index in [1.165, 1.54) is 18.4 Å². The van der Waals surface area contributed by atoms with Crippen molar-refractivity contribution in [1.82, 2.24) is 5.32 Å². The van der Waals surface area contributed by atoms with Gasteiger partial charge in [0.1, 0.15) is 16.4 Å². The van der Waals surface area contributed by atoms with Gasteiger partial charge in [0.05, 0.1) is 13.7 Å². The van der Waals surface area contributed by atoms with Crippen LogP contribution in [0.15, 0.2) is 35.7 Å². The molecule has 128 valence electrons. The van der Waals surface area contributed by atoms with Crippen LogP contribution in [0.3, 0.4) is 0 Å². The second-order valence-corrected chi connectivity index (χ2v) is 5.91. The zero-order valence-electron chi connectivity index (χ0n) is 13.3. The SMILES string of the molecule is COc1ccsc1C(=O)NCc1ccc(OCCCC(=O)O)cc1. The Morgan fingerprint density at radius 2 is 1.96 bits per heavy atom. The Morgan fingerprint density at radius 1 is 1.21 bits per heavy atom. The number of aliphatic carboxylic acids is 1. The molecule has 0 radical (unpaired) electrons. The summed E-state index contributed by atoms with van der Waals surface area (Å²) in [5.41, 5.74) is 0.941. The van der Waals surface area contributed by atoms with Crippen LogP contribution >= 0.6 is 11.3 Å². The molecule has 0 saturated heterocycles. The Balaban J connectivity index is 1.79. The van der Waals surface area contributed by atoms with E-state index in [1.54, 1.807) is 18.2 Å². The van der Waals surface area contributed by atoms with Crippen molar-refractivity contribution in [2.45, 2.75) is 19.4 Å². The van der Waals surface area contributed by atoms with Gasteiger partial charge in [0.25, 0.3) is 5.91 Å². The van der Waals surface area contributed by atoms with Gasteiger partial charge in [-0.2, -0.15) is 0 Å². The molecule has 0 fully saturated rings. The molecule has 0 unspecified atom stereocenters. The van der Waals surface area contributed by atoms with Crippen LogP contribution in [0.1, 0.15) is 28.1 Å². The van der Waals surface area contributed by atoms with E-state index < -0.39 is 5.97 Å². The molecule has 0 saturated carbocycles. The Hall–Kier alpha value is -2.54. The zero-order chi connectivity index (χ0) is 17.4. The molecule has 0 atom stereocenters. The van der Waals surface area contributed by atoms with Crippen molar-refractivity contribution in [3.05, 3.63) is 46.2 Å². The van der Waals surface area contributed by atoms with E-state index in [4.69, 9.17) is 14.6 Å². The maximum absolute atomic E-state index is 12.1. The second-order valence-electron chi connectivity index (χ2n) is 4.99. The molecule has 0 bridgehead atoms. The lowest BCUT2D eigenvalue weighted by Crippen LogP contribution is -2.22. The fraction of sp³-hybridized carbons (Fsp3) is 0.294. The number of ether oxygens (including phenoxy) is 2. The summed E-state index contributed by atoms with van der Waals surface area (Å²) < 4.78 is 10.6. The number of methoxy groups -OCH3 is 1. The van der Waals surface area contributed by atoms with Gasteiger partial charge in [-0.3, -0.25) is 9.59 Å². The lowest BCUT2D eigenvalue weighted by molar-refractivity contribution is -0.137. The van der Waals surface area contributed by atoms with Crippen LogP contribution < -0.4 is 14.8 Å². The fourth-order valence-electron chi connectivity index (χ4n) is 2.00. The zero-order valence-corrected chi connectivity index (χ0v) is 14.1. The van der Waals surface area contributed by atoms with Crippen LogP contribution in [0.2, 0.25) is 0 Å². The average Bonchev–Trinajstić information content (AvgIpc) is 3.06. The van der Waals surface area contributed by atoms with Gasteiger partial charge in [0, 0.05) is 13.0 Å². The van der Waals surface area contributed by atoms with E-state index in [9.17, 15) is 9.59 Å². The third kappa shape index (κ3) is 5.27. The van der Waals surface area contributed by atoms with Gasteiger partial charge in [-0.25, -0.2) is 0 Å². The number of rotatable bonds is 9. The summed E-state index contributed by atoms with van der Waals surface area (Å²) in [7, 11) is 1.54. The van der Waals surface area contributed by atoms with E-state index >= 15 is 0 Å². The summed E-state index contributed by atoms with van der Waals surface area (Å²) in [6.45, 7) is 0.764. The number of carbonyl (C=O) groups is 2. The first-order chi connectivity index (χ1) is 11.6. The molecule has 2 N–H and O–H groups in total. The van der Waals surface area contributed by atoms with E-state index in [-0.39, 0.29) is 12.3 Å². The second kappa shape index (κ2) is 8.93. The van der Waals surface area contributed by atoms with E-state index in [0.29, 0.717) is 35.9 Å². The van der Waals surface area contributed by atoms with Crippen molar-refractivity contribution in [3.63, 3.8) is 0 Å². The van der Waals surface area contributed by atoms with Crippen molar-refractivity contribution >= 4 is 23.2 Å². The minimum absolute atomic E-state index is 0.0935. The molecular weight excluding hydrogens is 330 g/mol. The van der Waals surface area contributed by atoms with Crippen LogP contribution in [0.25, 0.3) is 0 Å². The Bertz CT molecular complexity index is 681. The third-order valence-corrected chi connectivity index (χ3v) is 4.13. The van der Waals surface area contributed by atoms with Crippen molar-refractivity contribution < 1.29 is 24.2 Å². The van der Waals surface area contributed by atoms with Gasteiger partial charge in [-0.1, -0.05) is 12.1 Å². The predicted molar refractivity (Wildman–Crippen MR) is 90.8 cm³/mol. The molecule has 1 heterocycles. The van der Waals surface area contributed by atoms with Gasteiger partial charge in [-0.05, 0) is 35.6 Å². The molecule has 1 aromatic heterocycles. The summed E-state index contributed by atoms with van der Waals surface area (Å²) >= 11 is 1.33. The molecule has 1 aromatic carbocycles. The number of carbonyl (C=O) groups excluding carboxylic acids is 1. The minimum Gasteiger partial charge on any atom is -0.495 e. The average molecular weight is 349 g/mol. The molecule has 2 aromatic rings. The van der Waals surface area contributed by atoms with Gasteiger partial charge >= 0.3 is 5.97 Å². The van der Waals surface area contributed by atoms with Crippen LogP contribution in [0, 0.1) is 0 Å². The number of hydrogen-bond acceptors (Lipinski definition) is 5. The summed E-state index contributed by atoms with van der Waals surface area (Å²) in [6, 6.07) is 9.08. The van der Waals surface area contributed by atoms with Crippen molar-refractivity contribution in [1.29, 1.82) is 0 Å². The molecule has 24 heavy (non-hydrogen) atoms. The number of nitrogens with one attached hydrogen (secondary N) is 1. The van der Waals surface area contributed by atoms with E-state index in [2.05, 4.69) is 5.32 Å². The van der Waals surface area contributed by atoms with Gasteiger partial charge in [0.2, 0.25) is 0 Å². The predicted octanol–water partition coefficient (Wildman–Crippen LogP) is 2.93. The highest BCUT2D eigenvalue weighted by Crippen LogP contribution is 2.24. The smallest absolute Gasteiger partial charge is 0.303 e. The number of hydrogen-bond donors (Lipinski definition) is 2. The highest BCUT2D eigenvalue weighted by atomic mass is 32.1. The van der Waals surface area contributed by atoms with Crippen molar-refractivity contribution in [2.75, 3.05) is 13.7 Å². The van der Waals surface area contributed by atoms with Gasteiger partial charge in [-0.15, -0.1) is 11.3 Å². The van der Waals surface area contributed by atoms with E-state index in [1.807, 2.05) is 17.5 Å². The quantitative estimate of drug-likeness (QED) is 0.680. The first-order valence-corrected chi connectivity index (χ1v) is 8.31. The Labute approximate surface area is 144 Å². The van der Waals surface area contributed by atoms with E-state index in [0.717, 1.165) is 5.56 Å². The van der Waals surface area contributed by atoms with Gasteiger partial charge < -0.3 is 19.9 Å². The number of benzene rings is 1. The molecule has 0 aliphatic rings. The first kappa shape index (κ1) is 17.8. The maximum Gasteiger partial charge on any atom is 0.303 e. The van der Waals surface area contributed by atoms with Crippen molar-refractivity contribution in [3.8, 4) is 11.5 Å². The molecule has 7 heteroatoms. The van der Waals surface area contributed by atoms with Crippen LogP contribution in [0.4, 0.5) is 0 Å². The standard InChI is InChI=1S/C17H19NO5S/c1-22-14-8-10-24-16(14)17(21)18-11-12-4-6-13(7-5-12)23-9-2-3-15(19)20/h4-8,10H,2-3,9,11H2,1H3,(H,18,21)(H,19,20). The lowest BCUT2D eigenvalue weighted by atomic mass is 10.2. The van der Waals surface area contributed by atoms with Gasteiger partial charge in [0.15, 0.2) is 0 Å². The number of thiophene rings is 1. The molecule has 0 aliphatic carbocycles. The Morgan fingerprint density at radius 3 is 2.62 bits per heavy atom. The number of carboxylic acid groups (broad SMARTS) is 1. The maximum atomic E-state index is 12.1. The molecule has 6 nitrogen and oxygen atoms in total. The first-order valence-electron chi connectivity index (χ1n) is 7.43. The normalized spacial score (nSPS) is 10.2.